The predicted molar refractivity (Wildman–Crippen MR) is 110 cm³/mol. The minimum Gasteiger partial charge on any atom is -0.375 e. The van der Waals surface area contributed by atoms with Gasteiger partial charge in [0.15, 0.2) is 0 Å². The Labute approximate surface area is 177 Å². The first kappa shape index (κ1) is 20.8. The van der Waals surface area contributed by atoms with Crippen molar-refractivity contribution in [1.82, 2.24) is 10.1 Å². The lowest BCUT2D eigenvalue weighted by molar-refractivity contribution is -0.159. The smallest absolute Gasteiger partial charge is 0.375 e. The number of benzene rings is 1. The number of hydrogen-bond acceptors (Lipinski definition) is 8. The number of nitrogens with one attached hydrogen (secondary N) is 1. The Hall–Kier alpha value is -3.47. The first-order valence-electron chi connectivity index (χ1n) is 9.05. The van der Waals surface area contributed by atoms with Crippen LogP contribution < -0.4 is 21.1 Å². The second-order valence-corrected chi connectivity index (χ2v) is 7.82. The maximum absolute atomic E-state index is 12.6. The first-order valence-corrected chi connectivity index (χ1v) is 9.93. The van der Waals surface area contributed by atoms with E-state index in [2.05, 4.69) is 20.0 Å². The van der Waals surface area contributed by atoms with Crippen LogP contribution in [0.25, 0.3) is 11.4 Å². The molecule has 0 amide bonds. The maximum atomic E-state index is 12.6. The van der Waals surface area contributed by atoms with Crippen molar-refractivity contribution in [2.75, 3.05) is 17.3 Å². The van der Waals surface area contributed by atoms with Crippen LogP contribution in [0.2, 0.25) is 0 Å². The van der Waals surface area contributed by atoms with Crippen LogP contribution in [0, 0.1) is 0 Å². The molecule has 0 radical (unpaired) electrons. The minimum atomic E-state index is -4.70. The van der Waals surface area contributed by atoms with Gasteiger partial charge in [-0.25, -0.2) is 0 Å². The standard InChI is InChI=1S/C20H15F3N4O3S/c1-27(15-14(16(28)17(15)29)24-9-13-3-2-8-31-13)10-11-4-6-12(7-5-11)18-25-19(30-26-18)20(21,22)23/h2-8,24H,9-10H2,1H3. The SMILES string of the molecule is CN(Cc1ccc(-c2noc(C(F)(F)F)n2)cc1)c1c(NCc2cccs2)c(=O)c1=O. The van der Waals surface area contributed by atoms with Crippen LogP contribution >= 0.6 is 11.3 Å². The fourth-order valence-corrected chi connectivity index (χ4v) is 3.71. The number of anilines is 2. The van der Waals surface area contributed by atoms with Gasteiger partial charge in [0, 0.05) is 30.6 Å². The van der Waals surface area contributed by atoms with Crippen LogP contribution in [-0.4, -0.2) is 17.2 Å². The van der Waals surface area contributed by atoms with Gasteiger partial charge in [-0.05, 0) is 17.0 Å². The highest BCUT2D eigenvalue weighted by atomic mass is 32.1. The lowest BCUT2D eigenvalue weighted by Gasteiger charge is -2.23. The van der Waals surface area contributed by atoms with Gasteiger partial charge in [-0.1, -0.05) is 35.5 Å². The molecule has 160 valence electrons. The molecule has 0 unspecified atom stereocenters. The summed E-state index contributed by atoms with van der Waals surface area (Å²) in [7, 11) is 1.69. The predicted octanol–water partition coefficient (Wildman–Crippen LogP) is 3.66. The van der Waals surface area contributed by atoms with E-state index >= 15 is 0 Å². The van der Waals surface area contributed by atoms with E-state index in [4.69, 9.17) is 0 Å². The van der Waals surface area contributed by atoms with E-state index in [1.54, 1.807) is 47.5 Å². The molecule has 0 atom stereocenters. The Morgan fingerprint density at radius 3 is 2.48 bits per heavy atom. The van der Waals surface area contributed by atoms with Crippen molar-refractivity contribution in [2.24, 2.45) is 0 Å². The normalized spacial score (nSPS) is 11.7. The summed E-state index contributed by atoms with van der Waals surface area (Å²) >= 11 is 1.54. The van der Waals surface area contributed by atoms with Crippen molar-refractivity contribution in [3.63, 3.8) is 0 Å². The van der Waals surface area contributed by atoms with E-state index in [-0.39, 0.29) is 11.5 Å². The average Bonchev–Trinajstić information content (AvgIpc) is 3.42. The van der Waals surface area contributed by atoms with Crippen molar-refractivity contribution < 1.29 is 17.7 Å². The first-order chi connectivity index (χ1) is 14.7. The topological polar surface area (TPSA) is 88.3 Å². The molecule has 0 aliphatic heterocycles. The third-order valence-electron chi connectivity index (χ3n) is 4.59. The van der Waals surface area contributed by atoms with E-state index in [0.29, 0.717) is 24.3 Å². The molecule has 4 aromatic rings. The van der Waals surface area contributed by atoms with Gasteiger partial charge in [-0.2, -0.15) is 18.2 Å². The van der Waals surface area contributed by atoms with Crippen molar-refractivity contribution in [2.45, 2.75) is 19.3 Å². The van der Waals surface area contributed by atoms with Crippen molar-refractivity contribution in [1.29, 1.82) is 0 Å². The van der Waals surface area contributed by atoms with Gasteiger partial charge < -0.3 is 14.7 Å². The lowest BCUT2D eigenvalue weighted by atomic mass is 10.1. The molecule has 31 heavy (non-hydrogen) atoms. The summed E-state index contributed by atoms with van der Waals surface area (Å²) in [6, 6.07) is 10.3. The van der Waals surface area contributed by atoms with Crippen LogP contribution in [0.3, 0.4) is 0 Å². The molecule has 0 spiro atoms. The molecule has 1 N–H and O–H groups in total. The highest BCUT2D eigenvalue weighted by Gasteiger charge is 2.38. The summed E-state index contributed by atoms with van der Waals surface area (Å²) in [6.45, 7) is 0.765. The van der Waals surface area contributed by atoms with E-state index in [0.717, 1.165) is 10.4 Å². The summed E-state index contributed by atoms with van der Waals surface area (Å²) in [4.78, 5) is 30.1. The van der Waals surface area contributed by atoms with Crippen molar-refractivity contribution in [3.05, 3.63) is 78.6 Å². The van der Waals surface area contributed by atoms with Gasteiger partial charge in [-0.3, -0.25) is 9.59 Å². The van der Waals surface area contributed by atoms with Gasteiger partial charge in [0.05, 0.1) is 0 Å². The lowest BCUT2D eigenvalue weighted by Crippen LogP contribution is -2.41. The summed E-state index contributed by atoms with van der Waals surface area (Å²) in [5.41, 5.74) is 0.620. The van der Waals surface area contributed by atoms with Gasteiger partial charge in [0.2, 0.25) is 5.82 Å². The van der Waals surface area contributed by atoms with E-state index in [1.807, 2.05) is 17.5 Å². The number of nitrogens with zero attached hydrogens (tertiary/aromatic N) is 3. The summed E-state index contributed by atoms with van der Waals surface area (Å²) in [5, 5.41) is 8.30. The van der Waals surface area contributed by atoms with Gasteiger partial charge in [-0.15, -0.1) is 11.3 Å². The third-order valence-corrected chi connectivity index (χ3v) is 5.46. The zero-order valence-electron chi connectivity index (χ0n) is 16.1. The minimum absolute atomic E-state index is 0.172. The molecular formula is C20H15F3N4O3S. The molecule has 4 rings (SSSR count). The molecule has 0 saturated carbocycles. The Kier molecular flexibility index (Phi) is 5.36. The molecular weight excluding hydrogens is 433 g/mol. The molecule has 2 heterocycles. The highest BCUT2D eigenvalue weighted by molar-refractivity contribution is 7.09. The zero-order valence-corrected chi connectivity index (χ0v) is 16.9. The van der Waals surface area contributed by atoms with E-state index < -0.39 is 22.9 Å². The number of hydrogen-bond donors (Lipinski definition) is 1. The number of alkyl halides is 3. The van der Waals surface area contributed by atoms with Crippen LogP contribution in [0.4, 0.5) is 24.5 Å². The largest absolute Gasteiger partial charge is 0.471 e. The summed E-state index contributed by atoms with van der Waals surface area (Å²) in [5.74, 6) is -1.58. The number of halogens is 3. The fraction of sp³-hybridized carbons (Fsp3) is 0.200. The van der Waals surface area contributed by atoms with Crippen molar-refractivity contribution >= 4 is 22.7 Å². The van der Waals surface area contributed by atoms with Gasteiger partial charge in [0.25, 0.3) is 10.9 Å². The quantitative estimate of drug-likeness (QED) is 0.432. The molecule has 2 aromatic heterocycles. The molecule has 0 aliphatic carbocycles. The number of aromatic nitrogens is 2. The third kappa shape index (κ3) is 4.22. The van der Waals surface area contributed by atoms with Crippen LogP contribution in [0.1, 0.15) is 16.3 Å². The summed E-state index contributed by atoms with van der Waals surface area (Å²) in [6.07, 6.45) is -4.70. The second kappa shape index (κ2) is 7.99. The van der Waals surface area contributed by atoms with Crippen molar-refractivity contribution in [3.8, 4) is 11.4 Å². The van der Waals surface area contributed by atoms with Crippen LogP contribution in [0.15, 0.2) is 55.9 Å². The molecule has 0 bridgehead atoms. The number of rotatable bonds is 7. The molecule has 11 heteroatoms. The van der Waals surface area contributed by atoms with Gasteiger partial charge >= 0.3 is 12.1 Å². The second-order valence-electron chi connectivity index (χ2n) is 6.79. The highest BCUT2D eigenvalue weighted by Crippen LogP contribution is 2.29. The molecule has 0 fully saturated rings. The Morgan fingerprint density at radius 1 is 1.13 bits per heavy atom. The molecule has 0 aliphatic rings. The van der Waals surface area contributed by atoms with E-state index in [1.165, 1.54) is 0 Å². The fourth-order valence-electron chi connectivity index (χ4n) is 3.06. The molecule has 7 nitrogen and oxygen atoms in total. The molecule has 0 saturated heterocycles. The Morgan fingerprint density at radius 2 is 1.87 bits per heavy atom. The Balaban J connectivity index is 1.45. The molecule has 2 aromatic carbocycles. The van der Waals surface area contributed by atoms with Crippen LogP contribution in [0.5, 0.6) is 0 Å². The average molecular weight is 448 g/mol. The number of thiophene rings is 1. The van der Waals surface area contributed by atoms with Gasteiger partial charge in [0.1, 0.15) is 11.4 Å². The van der Waals surface area contributed by atoms with E-state index in [9.17, 15) is 22.8 Å². The zero-order chi connectivity index (χ0) is 22.2. The summed E-state index contributed by atoms with van der Waals surface area (Å²) < 4.78 is 42.0. The monoisotopic (exact) mass is 448 g/mol. The Bertz CT molecular complexity index is 1260. The van der Waals surface area contributed by atoms with Crippen LogP contribution in [-0.2, 0) is 19.3 Å². The maximum Gasteiger partial charge on any atom is 0.471 e.